The van der Waals surface area contributed by atoms with Gasteiger partial charge in [-0.1, -0.05) is 30.7 Å². The Balaban J connectivity index is 1.65. The van der Waals surface area contributed by atoms with E-state index in [2.05, 4.69) is 29.6 Å². The van der Waals surface area contributed by atoms with Gasteiger partial charge in [0, 0.05) is 23.9 Å². The molecule has 26 heavy (non-hydrogen) atoms. The normalized spacial score (nSPS) is 30.7. The van der Waals surface area contributed by atoms with Gasteiger partial charge in [0.1, 0.15) is 11.5 Å². The van der Waals surface area contributed by atoms with Gasteiger partial charge in [-0.3, -0.25) is 0 Å². The van der Waals surface area contributed by atoms with Gasteiger partial charge in [0.25, 0.3) is 0 Å². The van der Waals surface area contributed by atoms with E-state index in [1.807, 2.05) is 24.3 Å². The summed E-state index contributed by atoms with van der Waals surface area (Å²) in [5.41, 5.74) is 2.43. The number of hydrogen-bond donors (Lipinski definition) is 2. The first-order valence-electron chi connectivity index (χ1n) is 9.43. The zero-order valence-electron chi connectivity index (χ0n) is 15.4. The van der Waals surface area contributed by atoms with Crippen LogP contribution in [-0.2, 0) is 0 Å². The van der Waals surface area contributed by atoms with E-state index in [1.54, 1.807) is 14.2 Å². The topological polar surface area (TPSA) is 50.7 Å². The first kappa shape index (κ1) is 17.4. The number of ether oxygens (including phenoxy) is 2. The summed E-state index contributed by atoms with van der Waals surface area (Å²) in [4.78, 5) is 0. The van der Waals surface area contributed by atoms with Gasteiger partial charge in [0.2, 0.25) is 0 Å². The van der Waals surface area contributed by atoms with E-state index >= 15 is 0 Å². The second kappa shape index (κ2) is 7.29. The molecule has 4 nitrogen and oxygen atoms in total. The fraction of sp³-hybridized carbons (Fsp3) is 0.455. The summed E-state index contributed by atoms with van der Waals surface area (Å²) in [7, 11) is 3.37. The summed E-state index contributed by atoms with van der Waals surface area (Å²) in [5.74, 6) is 2.24. The van der Waals surface area contributed by atoms with Crippen molar-refractivity contribution in [3.8, 4) is 11.5 Å². The maximum atomic E-state index is 11.1. The fourth-order valence-corrected chi connectivity index (χ4v) is 4.73. The number of rotatable bonds is 4. The lowest BCUT2D eigenvalue weighted by atomic mass is 9.66. The smallest absolute Gasteiger partial charge is 0.118 e. The zero-order valence-corrected chi connectivity index (χ0v) is 15.4. The highest BCUT2D eigenvalue weighted by Gasteiger charge is 2.46. The second-order valence-corrected chi connectivity index (χ2v) is 7.42. The predicted molar refractivity (Wildman–Crippen MR) is 101 cm³/mol. The summed E-state index contributed by atoms with van der Waals surface area (Å²) < 4.78 is 10.6. The van der Waals surface area contributed by atoms with Crippen LogP contribution in [0.2, 0.25) is 0 Å². The van der Waals surface area contributed by atoms with Crippen molar-refractivity contribution in [2.45, 2.75) is 37.5 Å². The molecule has 1 aliphatic carbocycles. The number of aliphatic hydroxyl groups excluding tert-OH is 1. The lowest BCUT2D eigenvalue weighted by molar-refractivity contribution is -0.0517. The minimum Gasteiger partial charge on any atom is -0.497 e. The number of hydrogen-bond acceptors (Lipinski definition) is 4. The third-order valence-electron chi connectivity index (χ3n) is 6.12. The number of fused-ring (bicyclic) bond motifs is 2. The van der Waals surface area contributed by atoms with Gasteiger partial charge in [0.05, 0.1) is 20.3 Å². The molecule has 1 heterocycles. The average Bonchev–Trinajstić information content (AvgIpc) is 2.68. The molecular weight excluding hydrogens is 326 g/mol. The van der Waals surface area contributed by atoms with Crippen LogP contribution in [0.5, 0.6) is 11.5 Å². The van der Waals surface area contributed by atoms with Crippen molar-refractivity contribution < 1.29 is 14.6 Å². The van der Waals surface area contributed by atoms with Crippen molar-refractivity contribution in [3.63, 3.8) is 0 Å². The van der Waals surface area contributed by atoms with E-state index in [-0.39, 0.29) is 30.0 Å². The Bertz CT molecular complexity index is 667. The number of benzene rings is 2. The van der Waals surface area contributed by atoms with Gasteiger partial charge in [-0.15, -0.1) is 0 Å². The first-order chi connectivity index (χ1) is 12.7. The largest absolute Gasteiger partial charge is 0.497 e. The lowest BCUT2D eigenvalue weighted by Crippen LogP contribution is -2.52. The maximum absolute atomic E-state index is 11.1. The third-order valence-corrected chi connectivity index (χ3v) is 6.12. The Labute approximate surface area is 155 Å². The number of piperidine rings is 1. The van der Waals surface area contributed by atoms with Crippen LogP contribution >= 0.6 is 0 Å². The molecule has 2 aromatic rings. The zero-order chi connectivity index (χ0) is 18.1. The highest BCUT2D eigenvalue weighted by molar-refractivity contribution is 5.33. The van der Waals surface area contributed by atoms with Crippen molar-refractivity contribution in [1.29, 1.82) is 0 Å². The van der Waals surface area contributed by atoms with Gasteiger partial charge in [-0.25, -0.2) is 0 Å². The summed E-state index contributed by atoms with van der Waals surface area (Å²) >= 11 is 0. The second-order valence-electron chi connectivity index (χ2n) is 7.42. The van der Waals surface area contributed by atoms with Crippen LogP contribution in [-0.4, -0.2) is 25.4 Å². The first-order valence-corrected chi connectivity index (χ1v) is 9.43. The summed E-state index contributed by atoms with van der Waals surface area (Å²) in [6.07, 6.45) is 3.03. The summed E-state index contributed by atoms with van der Waals surface area (Å²) in [5, 5.41) is 14.9. The molecule has 0 radical (unpaired) electrons. The van der Waals surface area contributed by atoms with E-state index in [9.17, 15) is 5.11 Å². The molecule has 5 atom stereocenters. The summed E-state index contributed by atoms with van der Waals surface area (Å²) in [6.45, 7) is 0. The van der Waals surface area contributed by atoms with Crippen molar-refractivity contribution in [2.24, 2.45) is 11.8 Å². The van der Waals surface area contributed by atoms with Crippen molar-refractivity contribution in [1.82, 2.24) is 5.32 Å². The van der Waals surface area contributed by atoms with Crippen LogP contribution < -0.4 is 14.8 Å². The molecular formula is C22H27NO3. The number of methoxy groups -OCH3 is 2. The van der Waals surface area contributed by atoms with Gasteiger partial charge in [0.15, 0.2) is 0 Å². The Morgan fingerprint density at radius 2 is 1.19 bits per heavy atom. The molecule has 1 saturated carbocycles. The standard InChI is InChI=1S/C22H27NO3/c1-25-16-10-6-14(7-11-16)20-18-4-3-5-19(22(18)24)21(23-20)15-8-12-17(26-2)13-9-15/h6-13,18-24H,3-5H2,1-2H3/t18-,19+,20+,21-,22?. The van der Waals surface area contributed by atoms with Crippen LogP contribution in [0.3, 0.4) is 0 Å². The minimum atomic E-state index is -0.274. The van der Waals surface area contributed by atoms with E-state index in [0.29, 0.717) is 0 Å². The molecule has 2 aromatic carbocycles. The van der Waals surface area contributed by atoms with Gasteiger partial charge >= 0.3 is 0 Å². The highest BCUT2D eigenvalue weighted by Crippen LogP contribution is 2.48. The molecule has 2 aliphatic rings. The van der Waals surface area contributed by atoms with Crippen molar-refractivity contribution in [3.05, 3.63) is 59.7 Å². The predicted octanol–water partition coefficient (Wildman–Crippen LogP) is 3.87. The van der Waals surface area contributed by atoms with Crippen LogP contribution in [0.1, 0.15) is 42.5 Å². The Morgan fingerprint density at radius 1 is 0.769 bits per heavy atom. The molecule has 4 rings (SSSR count). The minimum absolute atomic E-state index is 0.152. The van der Waals surface area contributed by atoms with Crippen LogP contribution in [0, 0.1) is 11.8 Å². The monoisotopic (exact) mass is 353 g/mol. The van der Waals surface area contributed by atoms with Crippen molar-refractivity contribution >= 4 is 0 Å². The molecule has 2 bridgehead atoms. The maximum Gasteiger partial charge on any atom is 0.118 e. The Hall–Kier alpha value is -2.04. The average molecular weight is 353 g/mol. The third kappa shape index (κ3) is 3.08. The molecule has 0 spiro atoms. The Morgan fingerprint density at radius 3 is 1.58 bits per heavy atom. The van der Waals surface area contributed by atoms with E-state index in [1.165, 1.54) is 17.5 Å². The van der Waals surface area contributed by atoms with Crippen LogP contribution in [0.25, 0.3) is 0 Å². The van der Waals surface area contributed by atoms with Crippen LogP contribution in [0.15, 0.2) is 48.5 Å². The number of nitrogens with one attached hydrogen (secondary N) is 1. The molecule has 1 aliphatic heterocycles. The fourth-order valence-electron chi connectivity index (χ4n) is 4.73. The van der Waals surface area contributed by atoms with Gasteiger partial charge in [-0.2, -0.15) is 0 Å². The molecule has 1 unspecified atom stereocenters. The molecule has 0 amide bonds. The lowest BCUT2D eigenvalue weighted by Gasteiger charge is -2.50. The van der Waals surface area contributed by atoms with E-state index in [4.69, 9.17) is 9.47 Å². The van der Waals surface area contributed by atoms with Crippen molar-refractivity contribution in [2.75, 3.05) is 14.2 Å². The molecule has 2 fully saturated rings. The SMILES string of the molecule is COc1ccc([C@H]2N[C@@H](c3ccc(OC)cc3)[C@H]3CCC[C@@H]2C3O)cc1. The van der Waals surface area contributed by atoms with E-state index < -0.39 is 0 Å². The molecule has 1 saturated heterocycles. The molecule has 0 aromatic heterocycles. The van der Waals surface area contributed by atoms with Gasteiger partial charge < -0.3 is 19.9 Å². The summed E-state index contributed by atoms with van der Waals surface area (Å²) in [6, 6.07) is 16.8. The Kier molecular flexibility index (Phi) is 4.88. The number of aliphatic hydroxyl groups is 1. The van der Waals surface area contributed by atoms with Gasteiger partial charge in [-0.05, 0) is 48.2 Å². The molecule has 4 heteroatoms. The van der Waals surface area contributed by atoms with Crippen LogP contribution in [0.4, 0.5) is 0 Å². The highest BCUT2D eigenvalue weighted by atomic mass is 16.5. The molecule has 2 N–H and O–H groups in total. The molecule has 138 valence electrons. The quantitative estimate of drug-likeness (QED) is 0.876. The van der Waals surface area contributed by atoms with E-state index in [0.717, 1.165) is 24.3 Å².